The Kier molecular flexibility index (Phi) is 11.2. The zero-order valence-corrected chi connectivity index (χ0v) is 16.1. The van der Waals surface area contributed by atoms with Crippen LogP contribution >= 0.6 is 12.2 Å². The van der Waals surface area contributed by atoms with E-state index < -0.39 is 42.7 Å². The summed E-state index contributed by atoms with van der Waals surface area (Å²) >= 11 is 5.03. The van der Waals surface area contributed by atoms with E-state index in [1.807, 2.05) is 0 Å². The van der Waals surface area contributed by atoms with Crippen molar-refractivity contribution >= 4 is 29.2 Å². The first-order valence-corrected chi connectivity index (χ1v) is 8.43. The predicted molar refractivity (Wildman–Crippen MR) is 99.9 cm³/mol. The van der Waals surface area contributed by atoms with Crippen LogP contribution in [0.4, 0.5) is 0 Å². The molecule has 1 amide bonds. The summed E-state index contributed by atoms with van der Waals surface area (Å²) in [5.41, 5.74) is 11.1. The Balaban J connectivity index is 4.80. The fourth-order valence-electron chi connectivity index (χ4n) is 2.03. The number of aliphatic hydroxyl groups is 2. The first kappa shape index (κ1) is 24.4. The maximum Gasteiger partial charge on any atom is 0.328 e. The largest absolute Gasteiger partial charge is 0.480 e. The molecule has 0 bridgehead atoms. The number of carbonyl (C=O) groups excluding carboxylic acids is 1. The molecule has 0 spiro atoms. The molecule has 0 aromatic heterocycles. The molecule has 0 aromatic rings. The number of likely N-dealkylation sites (N-methyl/N-ethyl adjacent to an activating group) is 2. The third-order valence-corrected chi connectivity index (χ3v) is 3.97. The molecule has 26 heavy (non-hydrogen) atoms. The molecule has 0 aromatic carbocycles. The number of hydrazine groups is 1. The number of nitrogens with zero attached hydrogens (tertiary/aromatic N) is 2. The van der Waals surface area contributed by atoms with E-state index in [0.29, 0.717) is 13.1 Å². The van der Waals surface area contributed by atoms with Crippen LogP contribution in [-0.4, -0.2) is 100 Å². The normalized spacial score (nSPS) is 16.0. The maximum atomic E-state index is 11.3. The summed E-state index contributed by atoms with van der Waals surface area (Å²) in [7, 11) is 3.53. The summed E-state index contributed by atoms with van der Waals surface area (Å²) in [4.78, 5) is 22.2. The Hall–Kier alpha value is -1.57. The van der Waals surface area contributed by atoms with Gasteiger partial charge >= 0.3 is 5.97 Å². The average molecular weight is 394 g/mol. The molecule has 0 rings (SSSR count). The molecule has 152 valence electrons. The highest BCUT2D eigenvalue weighted by atomic mass is 32.1. The average Bonchev–Trinajstić information content (AvgIpc) is 2.50. The highest BCUT2D eigenvalue weighted by Gasteiger charge is 2.22. The second-order valence-electron chi connectivity index (χ2n) is 6.14. The zero-order chi connectivity index (χ0) is 20.4. The first-order valence-electron chi connectivity index (χ1n) is 8.02. The summed E-state index contributed by atoms with van der Waals surface area (Å²) in [5.74, 6) is -1.81. The third-order valence-electron chi connectivity index (χ3n) is 3.73. The van der Waals surface area contributed by atoms with Crippen LogP contribution in [0.2, 0.25) is 0 Å². The second-order valence-corrected chi connectivity index (χ2v) is 6.55. The number of rotatable bonds is 12. The minimum absolute atomic E-state index is 0.0190. The number of nitrogens with two attached hydrogens (primary N) is 2. The number of carbonyl (C=O) groups is 2. The molecule has 0 fully saturated rings. The van der Waals surface area contributed by atoms with E-state index >= 15 is 0 Å². The van der Waals surface area contributed by atoms with Gasteiger partial charge in [-0.3, -0.25) is 4.79 Å². The number of aliphatic hydroxyl groups excluding tert-OH is 2. The van der Waals surface area contributed by atoms with E-state index in [9.17, 15) is 14.7 Å². The van der Waals surface area contributed by atoms with Gasteiger partial charge in [0.2, 0.25) is 5.91 Å². The number of carboxylic acids is 1. The topological polar surface area (TPSA) is 177 Å². The van der Waals surface area contributed by atoms with Gasteiger partial charge in [0.25, 0.3) is 0 Å². The van der Waals surface area contributed by atoms with Crippen molar-refractivity contribution in [3.8, 4) is 0 Å². The van der Waals surface area contributed by atoms with Crippen LogP contribution in [0.5, 0.6) is 0 Å². The summed E-state index contributed by atoms with van der Waals surface area (Å²) < 4.78 is 0. The number of hydrogen-bond donors (Lipinski definition) is 7. The van der Waals surface area contributed by atoms with Crippen LogP contribution in [0.3, 0.4) is 0 Å². The molecule has 0 radical (unpaired) electrons. The van der Waals surface area contributed by atoms with E-state index in [1.54, 1.807) is 31.0 Å². The quantitative estimate of drug-likeness (QED) is 0.130. The lowest BCUT2D eigenvalue weighted by molar-refractivity contribution is -0.140. The summed E-state index contributed by atoms with van der Waals surface area (Å²) in [6, 6.07) is -2.21. The number of aliphatic carboxylic acids is 1. The van der Waals surface area contributed by atoms with Crippen LogP contribution in [0.1, 0.15) is 13.3 Å². The minimum atomic E-state index is -1.26. The monoisotopic (exact) mass is 394 g/mol. The van der Waals surface area contributed by atoms with Gasteiger partial charge in [0.15, 0.2) is 5.11 Å². The van der Waals surface area contributed by atoms with Crippen molar-refractivity contribution in [3.05, 3.63) is 0 Å². The predicted octanol–water partition coefficient (Wildman–Crippen LogP) is -3.37. The number of thiocarbonyl (C=S) groups is 1. The number of amides is 1. The lowest BCUT2D eigenvalue weighted by Gasteiger charge is -2.34. The standard InChI is InChI=1S/C14H30N6O5S/c1-8(22)10(15)6-20(3)19(2)5-9(4-12(16)23)17-14(26)18-11(7-21)13(24)25/h8-11,21-22H,4-7,15H2,1-3H3,(H2,16,23)(H,24,25)(H2,17,18,26)/t8?,9-,10+,11-/m1/s1. The molecule has 12 heteroatoms. The molecule has 11 nitrogen and oxygen atoms in total. The van der Waals surface area contributed by atoms with E-state index in [0.717, 1.165) is 0 Å². The van der Waals surface area contributed by atoms with E-state index in [4.69, 9.17) is 33.9 Å². The number of primary amides is 1. The van der Waals surface area contributed by atoms with Gasteiger partial charge in [-0.2, -0.15) is 0 Å². The van der Waals surface area contributed by atoms with Gasteiger partial charge in [0, 0.05) is 39.6 Å². The lowest BCUT2D eigenvalue weighted by atomic mass is 10.2. The molecular weight excluding hydrogens is 364 g/mol. The first-order chi connectivity index (χ1) is 12.0. The SMILES string of the molecule is CC(O)[C@@H](N)CN(C)N(C)C[C@@H](CC(N)=O)NC(=S)N[C@H](CO)C(=O)O. The summed E-state index contributed by atoms with van der Waals surface area (Å²) in [6.07, 6.45) is -0.715. The Morgan fingerprint density at radius 2 is 1.73 bits per heavy atom. The van der Waals surface area contributed by atoms with Crippen molar-refractivity contribution in [1.29, 1.82) is 0 Å². The van der Waals surface area contributed by atoms with Crippen molar-refractivity contribution in [3.63, 3.8) is 0 Å². The smallest absolute Gasteiger partial charge is 0.328 e. The fourth-order valence-corrected chi connectivity index (χ4v) is 2.34. The number of nitrogens with one attached hydrogen (secondary N) is 2. The zero-order valence-electron chi connectivity index (χ0n) is 15.3. The van der Waals surface area contributed by atoms with Crippen LogP contribution in [0.15, 0.2) is 0 Å². The highest BCUT2D eigenvalue weighted by molar-refractivity contribution is 7.80. The van der Waals surface area contributed by atoms with Gasteiger partial charge in [0.05, 0.1) is 18.8 Å². The number of carboxylic acid groups (broad SMARTS) is 1. The Morgan fingerprint density at radius 1 is 1.19 bits per heavy atom. The Labute approximate surface area is 158 Å². The molecule has 0 heterocycles. The van der Waals surface area contributed by atoms with Gasteiger partial charge < -0.3 is 37.4 Å². The maximum absolute atomic E-state index is 11.3. The summed E-state index contributed by atoms with van der Waals surface area (Å²) in [6.45, 7) is 1.65. The Bertz CT molecular complexity index is 481. The van der Waals surface area contributed by atoms with Gasteiger partial charge in [-0.25, -0.2) is 14.8 Å². The fraction of sp³-hybridized carbons (Fsp3) is 0.786. The van der Waals surface area contributed by atoms with Crippen molar-refractivity contribution < 1.29 is 24.9 Å². The molecule has 0 aliphatic carbocycles. The van der Waals surface area contributed by atoms with Crippen LogP contribution in [-0.2, 0) is 9.59 Å². The Morgan fingerprint density at radius 3 is 2.15 bits per heavy atom. The minimum Gasteiger partial charge on any atom is -0.480 e. The molecule has 0 aliphatic rings. The van der Waals surface area contributed by atoms with Crippen molar-refractivity contribution in [2.75, 3.05) is 33.8 Å². The molecule has 0 aliphatic heterocycles. The van der Waals surface area contributed by atoms with Crippen LogP contribution < -0.4 is 22.1 Å². The van der Waals surface area contributed by atoms with E-state index in [2.05, 4.69) is 10.6 Å². The number of hydrogen-bond acceptors (Lipinski definition) is 8. The van der Waals surface area contributed by atoms with Gasteiger partial charge in [-0.15, -0.1) is 0 Å². The van der Waals surface area contributed by atoms with Crippen LogP contribution in [0, 0.1) is 0 Å². The molecular formula is C14H30N6O5S. The van der Waals surface area contributed by atoms with Gasteiger partial charge in [-0.1, -0.05) is 0 Å². The summed E-state index contributed by atoms with van der Waals surface area (Å²) in [5, 5.41) is 36.2. The van der Waals surface area contributed by atoms with Gasteiger partial charge in [0.1, 0.15) is 6.04 Å². The van der Waals surface area contributed by atoms with Gasteiger partial charge in [-0.05, 0) is 19.1 Å². The molecule has 1 unspecified atom stereocenters. The van der Waals surface area contributed by atoms with Crippen molar-refractivity contribution in [2.45, 2.75) is 37.6 Å². The van der Waals surface area contributed by atoms with Crippen molar-refractivity contribution in [1.82, 2.24) is 20.7 Å². The lowest BCUT2D eigenvalue weighted by Crippen LogP contribution is -2.55. The second kappa shape index (κ2) is 11.9. The molecule has 0 saturated heterocycles. The molecule has 4 atom stereocenters. The van der Waals surface area contributed by atoms with E-state index in [1.165, 1.54) is 0 Å². The third kappa shape index (κ3) is 9.79. The van der Waals surface area contributed by atoms with Crippen molar-refractivity contribution in [2.24, 2.45) is 11.5 Å². The molecule has 0 saturated carbocycles. The van der Waals surface area contributed by atoms with E-state index in [-0.39, 0.29) is 11.5 Å². The molecule has 9 N–H and O–H groups in total. The highest BCUT2D eigenvalue weighted by Crippen LogP contribution is 2.01. The van der Waals surface area contributed by atoms with Crippen LogP contribution in [0.25, 0.3) is 0 Å².